The molecule has 2 rings (SSSR count). The molecule has 2 N–H and O–H groups in total. The van der Waals surface area contributed by atoms with Gasteiger partial charge in [-0.15, -0.1) is 0 Å². The highest BCUT2D eigenvalue weighted by Gasteiger charge is 2.44. The summed E-state index contributed by atoms with van der Waals surface area (Å²) in [4.78, 5) is 0. The van der Waals surface area contributed by atoms with Gasteiger partial charge in [0.2, 0.25) is 0 Å². The summed E-state index contributed by atoms with van der Waals surface area (Å²) in [5.74, 6) is -3.96. The van der Waals surface area contributed by atoms with Crippen LogP contribution in [-0.2, 0) is 9.47 Å². The van der Waals surface area contributed by atoms with Crippen LogP contribution in [0, 0.1) is 5.92 Å². The first-order chi connectivity index (χ1) is 9.35. The number of alkyl halides is 4. The van der Waals surface area contributed by atoms with Gasteiger partial charge in [0.25, 0.3) is 0 Å². The third kappa shape index (κ3) is 3.62. The first-order valence-electron chi connectivity index (χ1n) is 6.98. The fraction of sp³-hybridized carbons (Fsp3) is 1.00. The van der Waals surface area contributed by atoms with Crippen molar-refractivity contribution in [3.63, 3.8) is 0 Å². The predicted octanol–water partition coefficient (Wildman–Crippen LogP) is 2.58. The molecule has 2 aliphatic rings. The molecule has 0 bridgehead atoms. The van der Waals surface area contributed by atoms with E-state index in [1.165, 1.54) is 0 Å². The second-order valence-corrected chi connectivity index (χ2v) is 5.88. The highest BCUT2D eigenvalue weighted by molar-refractivity contribution is 4.96. The Labute approximate surface area is 115 Å². The molecule has 1 spiro atoms. The van der Waals surface area contributed by atoms with Gasteiger partial charge in [-0.1, -0.05) is 0 Å². The molecule has 0 aromatic rings. The van der Waals surface area contributed by atoms with Crippen molar-refractivity contribution in [3.8, 4) is 0 Å². The van der Waals surface area contributed by atoms with Crippen LogP contribution in [0.5, 0.6) is 0 Å². The zero-order valence-electron chi connectivity index (χ0n) is 11.3. The molecule has 0 amide bonds. The molecule has 2 atom stereocenters. The van der Waals surface area contributed by atoms with Crippen molar-refractivity contribution in [2.24, 2.45) is 11.7 Å². The Kier molecular flexibility index (Phi) is 4.92. The van der Waals surface area contributed by atoms with Crippen LogP contribution < -0.4 is 5.73 Å². The van der Waals surface area contributed by atoms with E-state index in [1.807, 2.05) is 0 Å². The largest absolute Gasteiger partial charge is 0.375 e. The maximum atomic E-state index is 12.7. The normalized spacial score (nSPS) is 27.6. The highest BCUT2D eigenvalue weighted by atomic mass is 19.3. The third-order valence-corrected chi connectivity index (χ3v) is 4.33. The van der Waals surface area contributed by atoms with Gasteiger partial charge < -0.3 is 15.2 Å². The molecule has 0 aromatic heterocycles. The van der Waals surface area contributed by atoms with Gasteiger partial charge in [-0.05, 0) is 38.0 Å². The second-order valence-electron chi connectivity index (χ2n) is 5.88. The van der Waals surface area contributed by atoms with Gasteiger partial charge in [-0.3, -0.25) is 0 Å². The molecule has 118 valence electrons. The lowest BCUT2D eigenvalue weighted by molar-refractivity contribution is -0.171. The number of nitrogens with two attached hydrogens (primary N) is 1. The fourth-order valence-corrected chi connectivity index (χ4v) is 2.88. The molecule has 3 nitrogen and oxygen atoms in total. The van der Waals surface area contributed by atoms with Crippen molar-refractivity contribution in [2.75, 3.05) is 19.8 Å². The molecular formula is C13H21F4NO2. The maximum absolute atomic E-state index is 12.7. The summed E-state index contributed by atoms with van der Waals surface area (Å²) < 4.78 is 59.8. The molecule has 1 heterocycles. The Morgan fingerprint density at radius 2 is 2.05 bits per heavy atom. The molecule has 1 saturated heterocycles. The smallest absolute Gasteiger partial charge is 0.330 e. The SMILES string of the molecule is NC(COCC(F)(F)C(F)F)C1CCOC2(CCC2)C1. The average molecular weight is 299 g/mol. The van der Waals surface area contributed by atoms with Crippen LogP contribution in [-0.4, -0.2) is 43.8 Å². The Bertz CT molecular complexity index is 323. The lowest BCUT2D eigenvalue weighted by Gasteiger charge is -2.48. The van der Waals surface area contributed by atoms with E-state index in [0.717, 1.165) is 32.1 Å². The topological polar surface area (TPSA) is 44.5 Å². The Hall–Kier alpha value is -0.400. The number of ether oxygens (including phenoxy) is 2. The van der Waals surface area contributed by atoms with Crippen LogP contribution in [0.1, 0.15) is 32.1 Å². The van der Waals surface area contributed by atoms with E-state index in [2.05, 4.69) is 0 Å². The standard InChI is InChI=1S/C13H21F4NO2/c14-11(15)13(16,17)8-19-7-10(18)9-2-5-20-12(6-9)3-1-4-12/h9-11H,1-8,18H2. The molecular weight excluding hydrogens is 278 g/mol. The van der Waals surface area contributed by atoms with Gasteiger partial charge >= 0.3 is 12.3 Å². The lowest BCUT2D eigenvalue weighted by Crippen LogP contribution is -2.50. The Morgan fingerprint density at radius 3 is 2.60 bits per heavy atom. The van der Waals surface area contributed by atoms with Gasteiger partial charge in [0, 0.05) is 12.6 Å². The summed E-state index contributed by atoms with van der Waals surface area (Å²) in [5.41, 5.74) is 5.86. The predicted molar refractivity (Wildman–Crippen MR) is 65.0 cm³/mol. The minimum absolute atomic E-state index is 0.0759. The summed E-state index contributed by atoms with van der Waals surface area (Å²) >= 11 is 0. The van der Waals surface area contributed by atoms with Gasteiger partial charge in [0.15, 0.2) is 0 Å². The third-order valence-electron chi connectivity index (χ3n) is 4.33. The molecule has 2 fully saturated rings. The first-order valence-corrected chi connectivity index (χ1v) is 6.98. The number of halogens is 4. The summed E-state index contributed by atoms with van der Waals surface area (Å²) in [6, 6.07) is -0.412. The van der Waals surface area contributed by atoms with E-state index in [-0.39, 0.29) is 18.1 Å². The van der Waals surface area contributed by atoms with Crippen LogP contribution in [0.2, 0.25) is 0 Å². The van der Waals surface area contributed by atoms with Gasteiger partial charge in [0.05, 0.1) is 12.2 Å². The number of hydrogen-bond acceptors (Lipinski definition) is 3. The molecule has 2 unspecified atom stereocenters. The molecule has 20 heavy (non-hydrogen) atoms. The molecule has 1 aliphatic carbocycles. The Morgan fingerprint density at radius 1 is 1.35 bits per heavy atom. The van der Waals surface area contributed by atoms with Crippen LogP contribution in [0.4, 0.5) is 17.6 Å². The zero-order valence-corrected chi connectivity index (χ0v) is 11.3. The Balaban J connectivity index is 1.73. The van der Waals surface area contributed by atoms with Crippen molar-refractivity contribution < 1.29 is 27.0 Å². The number of hydrogen-bond donors (Lipinski definition) is 1. The summed E-state index contributed by atoms with van der Waals surface area (Å²) in [7, 11) is 0. The van der Waals surface area contributed by atoms with Crippen molar-refractivity contribution in [2.45, 2.75) is 56.1 Å². The first kappa shape index (κ1) is 16.0. The van der Waals surface area contributed by atoms with Crippen molar-refractivity contribution >= 4 is 0 Å². The second kappa shape index (κ2) is 6.15. The van der Waals surface area contributed by atoms with Crippen LogP contribution in [0.15, 0.2) is 0 Å². The minimum Gasteiger partial charge on any atom is -0.375 e. The summed E-state index contributed by atoms with van der Waals surface area (Å²) in [6.45, 7) is -0.790. The van der Waals surface area contributed by atoms with Crippen molar-refractivity contribution in [3.05, 3.63) is 0 Å². The maximum Gasteiger partial charge on any atom is 0.330 e. The number of rotatable bonds is 6. The van der Waals surface area contributed by atoms with Gasteiger partial charge in [-0.25, -0.2) is 8.78 Å². The minimum atomic E-state index is -4.11. The van der Waals surface area contributed by atoms with Crippen LogP contribution in [0.25, 0.3) is 0 Å². The quantitative estimate of drug-likeness (QED) is 0.767. The van der Waals surface area contributed by atoms with E-state index in [0.29, 0.717) is 6.61 Å². The summed E-state index contributed by atoms with van der Waals surface area (Å²) in [5, 5.41) is 0. The van der Waals surface area contributed by atoms with E-state index >= 15 is 0 Å². The molecule has 1 saturated carbocycles. The molecule has 0 radical (unpaired) electrons. The van der Waals surface area contributed by atoms with Crippen molar-refractivity contribution in [1.82, 2.24) is 0 Å². The summed E-state index contributed by atoms with van der Waals surface area (Å²) in [6.07, 6.45) is 1.03. The average Bonchev–Trinajstić information content (AvgIpc) is 2.36. The highest BCUT2D eigenvalue weighted by Crippen LogP contribution is 2.44. The molecule has 1 aliphatic heterocycles. The van der Waals surface area contributed by atoms with Crippen LogP contribution in [0.3, 0.4) is 0 Å². The molecule has 7 heteroatoms. The molecule has 0 aromatic carbocycles. The van der Waals surface area contributed by atoms with E-state index in [1.54, 1.807) is 0 Å². The monoisotopic (exact) mass is 299 g/mol. The van der Waals surface area contributed by atoms with Crippen molar-refractivity contribution in [1.29, 1.82) is 0 Å². The van der Waals surface area contributed by atoms with E-state index in [4.69, 9.17) is 15.2 Å². The van der Waals surface area contributed by atoms with Gasteiger partial charge in [-0.2, -0.15) is 8.78 Å². The zero-order chi connectivity index (χ0) is 14.8. The van der Waals surface area contributed by atoms with Gasteiger partial charge in [0.1, 0.15) is 6.61 Å². The van der Waals surface area contributed by atoms with E-state index < -0.39 is 25.0 Å². The lowest BCUT2D eigenvalue weighted by atomic mass is 9.70. The fourth-order valence-electron chi connectivity index (χ4n) is 2.88. The van der Waals surface area contributed by atoms with Crippen LogP contribution >= 0.6 is 0 Å². The van der Waals surface area contributed by atoms with E-state index in [9.17, 15) is 17.6 Å².